The first-order valence-corrected chi connectivity index (χ1v) is 8.46. The molecule has 1 heterocycles. The summed E-state index contributed by atoms with van der Waals surface area (Å²) in [5.41, 5.74) is 0.725. The van der Waals surface area contributed by atoms with E-state index in [4.69, 9.17) is 16.3 Å². The lowest BCUT2D eigenvalue weighted by atomic mass is 10.0. The van der Waals surface area contributed by atoms with Crippen molar-refractivity contribution >= 4 is 23.5 Å². The zero-order chi connectivity index (χ0) is 17.7. The third-order valence-corrected chi connectivity index (χ3v) is 4.08. The second-order valence-corrected chi connectivity index (χ2v) is 6.59. The van der Waals surface area contributed by atoms with Gasteiger partial charge in [0.25, 0.3) is 0 Å². The number of phenolic OH excluding ortho intramolecular Hbond substituents is 1. The highest BCUT2D eigenvalue weighted by Gasteiger charge is 2.28. The quantitative estimate of drug-likeness (QED) is 0.678. The van der Waals surface area contributed by atoms with Crippen LogP contribution in [0.1, 0.15) is 32.3 Å². The van der Waals surface area contributed by atoms with Crippen LogP contribution in [0.3, 0.4) is 0 Å². The number of carbonyl (C=O) groups excluding carboxylic acids is 2. The first-order valence-electron chi connectivity index (χ1n) is 8.08. The van der Waals surface area contributed by atoms with Gasteiger partial charge in [-0.25, -0.2) is 4.79 Å². The zero-order valence-electron chi connectivity index (χ0n) is 13.8. The highest BCUT2D eigenvalue weighted by atomic mass is 35.5. The second kappa shape index (κ2) is 8.35. The van der Waals surface area contributed by atoms with Crippen molar-refractivity contribution in [3.63, 3.8) is 0 Å². The van der Waals surface area contributed by atoms with Gasteiger partial charge in [-0.15, -0.1) is 0 Å². The number of esters is 1. The van der Waals surface area contributed by atoms with Crippen LogP contribution in [0.5, 0.6) is 5.75 Å². The number of carbonyl (C=O) groups is 2. The first kappa shape index (κ1) is 18.5. The van der Waals surface area contributed by atoms with Crippen LogP contribution in [0.25, 0.3) is 0 Å². The molecule has 1 saturated heterocycles. The summed E-state index contributed by atoms with van der Waals surface area (Å²) < 4.78 is 5.25. The third kappa shape index (κ3) is 5.11. The monoisotopic (exact) mass is 354 g/mol. The van der Waals surface area contributed by atoms with E-state index in [0.29, 0.717) is 0 Å². The van der Waals surface area contributed by atoms with E-state index >= 15 is 0 Å². The number of hydrogen-bond acceptors (Lipinski definition) is 5. The minimum atomic E-state index is -0.803. The Morgan fingerprint density at radius 2 is 2.21 bits per heavy atom. The maximum absolute atomic E-state index is 12.3. The maximum Gasteiger partial charge on any atom is 0.329 e. The van der Waals surface area contributed by atoms with Gasteiger partial charge in [-0.1, -0.05) is 17.7 Å². The van der Waals surface area contributed by atoms with Gasteiger partial charge in [0.05, 0.1) is 17.2 Å². The third-order valence-electron chi connectivity index (χ3n) is 3.78. The predicted molar refractivity (Wildman–Crippen MR) is 91.0 cm³/mol. The fourth-order valence-corrected chi connectivity index (χ4v) is 2.80. The topological polar surface area (TPSA) is 87.7 Å². The Balaban J connectivity index is 2.10. The lowest BCUT2D eigenvalue weighted by Gasteiger charge is -2.21. The lowest BCUT2D eigenvalue weighted by Crippen LogP contribution is -2.50. The lowest BCUT2D eigenvalue weighted by molar-refractivity contribution is -0.151. The summed E-state index contributed by atoms with van der Waals surface area (Å²) in [6.45, 7) is 4.31. The average Bonchev–Trinajstić information content (AvgIpc) is 3.04. The minimum Gasteiger partial charge on any atom is -0.506 e. The normalized spacial score (nSPS) is 18.4. The summed E-state index contributed by atoms with van der Waals surface area (Å²) >= 11 is 5.91. The summed E-state index contributed by atoms with van der Waals surface area (Å²) in [7, 11) is 0. The smallest absolute Gasteiger partial charge is 0.329 e. The van der Waals surface area contributed by atoms with Crippen LogP contribution in [0.2, 0.25) is 5.02 Å². The van der Waals surface area contributed by atoms with E-state index in [1.54, 1.807) is 26.0 Å². The van der Waals surface area contributed by atoms with E-state index in [1.165, 1.54) is 6.07 Å². The van der Waals surface area contributed by atoms with Gasteiger partial charge >= 0.3 is 5.97 Å². The van der Waals surface area contributed by atoms with Crippen LogP contribution in [0.4, 0.5) is 0 Å². The van der Waals surface area contributed by atoms with Gasteiger partial charge in [-0.3, -0.25) is 4.79 Å². The van der Waals surface area contributed by atoms with Crippen molar-refractivity contribution in [1.29, 1.82) is 0 Å². The van der Waals surface area contributed by atoms with E-state index in [0.717, 1.165) is 24.9 Å². The molecule has 7 heteroatoms. The molecular formula is C17H23ClN2O4. The van der Waals surface area contributed by atoms with E-state index in [-0.39, 0.29) is 35.2 Å². The number of phenols is 1. The van der Waals surface area contributed by atoms with E-state index < -0.39 is 12.0 Å². The Labute approximate surface area is 146 Å². The van der Waals surface area contributed by atoms with Gasteiger partial charge in [0, 0.05) is 6.42 Å². The van der Waals surface area contributed by atoms with E-state index in [2.05, 4.69) is 10.6 Å². The number of hydrogen-bond donors (Lipinski definition) is 3. The fourth-order valence-electron chi connectivity index (χ4n) is 2.60. The number of rotatable bonds is 6. The van der Waals surface area contributed by atoms with Crippen LogP contribution < -0.4 is 10.6 Å². The van der Waals surface area contributed by atoms with Crippen molar-refractivity contribution in [3.05, 3.63) is 28.8 Å². The van der Waals surface area contributed by atoms with Crippen LogP contribution in [0.15, 0.2) is 18.2 Å². The van der Waals surface area contributed by atoms with Crippen molar-refractivity contribution in [2.75, 3.05) is 6.54 Å². The van der Waals surface area contributed by atoms with Gasteiger partial charge in [0.1, 0.15) is 11.8 Å². The molecule has 1 aliphatic heterocycles. The molecule has 3 N–H and O–H groups in total. The van der Waals surface area contributed by atoms with Gasteiger partial charge < -0.3 is 20.5 Å². The SMILES string of the molecule is CC(C)OC(=O)[C@H](Cc1ccc(O)c(Cl)c1)NC(=O)[C@@H]1CCCN1. The Bertz CT molecular complexity index is 600. The molecule has 2 rings (SSSR count). The fraction of sp³-hybridized carbons (Fsp3) is 0.529. The molecule has 1 fully saturated rings. The zero-order valence-corrected chi connectivity index (χ0v) is 14.6. The average molecular weight is 355 g/mol. The highest BCUT2D eigenvalue weighted by molar-refractivity contribution is 6.32. The van der Waals surface area contributed by atoms with E-state index in [9.17, 15) is 14.7 Å². The number of nitrogens with one attached hydrogen (secondary N) is 2. The molecular weight excluding hydrogens is 332 g/mol. The van der Waals surface area contributed by atoms with Crippen LogP contribution in [-0.2, 0) is 20.7 Å². The molecule has 0 bridgehead atoms. The summed E-state index contributed by atoms with van der Waals surface area (Å²) in [5, 5.41) is 15.6. The number of amides is 1. The molecule has 1 aromatic rings. The van der Waals surface area contributed by atoms with Crippen LogP contribution >= 0.6 is 11.6 Å². The molecule has 1 aromatic carbocycles. The highest BCUT2D eigenvalue weighted by Crippen LogP contribution is 2.24. The molecule has 2 atom stereocenters. The number of halogens is 1. The number of aromatic hydroxyl groups is 1. The Morgan fingerprint density at radius 3 is 2.79 bits per heavy atom. The van der Waals surface area contributed by atoms with E-state index in [1.807, 2.05) is 0 Å². The summed E-state index contributed by atoms with van der Waals surface area (Å²) in [5.74, 6) is -0.718. The molecule has 24 heavy (non-hydrogen) atoms. The molecule has 6 nitrogen and oxygen atoms in total. The van der Waals surface area contributed by atoms with Crippen molar-refractivity contribution < 1.29 is 19.4 Å². The Morgan fingerprint density at radius 1 is 1.46 bits per heavy atom. The summed E-state index contributed by atoms with van der Waals surface area (Å²) in [6, 6.07) is 3.62. The predicted octanol–water partition coefficient (Wildman–Crippen LogP) is 1.78. The molecule has 132 valence electrons. The maximum atomic E-state index is 12.3. The molecule has 1 aliphatic rings. The Kier molecular flexibility index (Phi) is 6.45. The van der Waals surface area contributed by atoms with Crippen molar-refractivity contribution in [2.45, 2.75) is 51.3 Å². The summed E-state index contributed by atoms with van der Waals surface area (Å²) in [4.78, 5) is 24.6. The minimum absolute atomic E-state index is 0.0269. The van der Waals surface area contributed by atoms with Crippen LogP contribution in [-0.4, -0.2) is 41.7 Å². The molecule has 0 radical (unpaired) electrons. The largest absolute Gasteiger partial charge is 0.506 e. The van der Waals surface area contributed by atoms with Crippen molar-refractivity contribution in [2.24, 2.45) is 0 Å². The molecule has 0 unspecified atom stereocenters. The van der Waals surface area contributed by atoms with Crippen LogP contribution in [0, 0.1) is 0 Å². The molecule has 1 amide bonds. The van der Waals surface area contributed by atoms with Gasteiger partial charge in [0.2, 0.25) is 5.91 Å². The van der Waals surface area contributed by atoms with Gasteiger partial charge in [0.15, 0.2) is 0 Å². The molecule has 0 saturated carbocycles. The standard InChI is InChI=1S/C17H23ClN2O4/c1-10(2)24-17(23)14(20-16(22)13-4-3-7-19-13)9-11-5-6-15(21)12(18)8-11/h5-6,8,10,13-14,19,21H,3-4,7,9H2,1-2H3,(H,20,22)/t13-,14-/m0/s1. The molecule has 0 aliphatic carbocycles. The van der Waals surface area contributed by atoms with Crippen molar-refractivity contribution in [1.82, 2.24) is 10.6 Å². The number of ether oxygens (including phenoxy) is 1. The Hall–Kier alpha value is -1.79. The molecule has 0 spiro atoms. The molecule has 0 aromatic heterocycles. The van der Waals surface area contributed by atoms with Gasteiger partial charge in [-0.2, -0.15) is 0 Å². The summed E-state index contributed by atoms with van der Waals surface area (Å²) in [6.07, 6.45) is 1.66. The van der Waals surface area contributed by atoms with Crippen molar-refractivity contribution in [3.8, 4) is 5.75 Å². The number of benzene rings is 1. The van der Waals surface area contributed by atoms with Gasteiger partial charge in [-0.05, 0) is 50.9 Å². The second-order valence-electron chi connectivity index (χ2n) is 6.19. The first-order chi connectivity index (χ1) is 11.4.